The third kappa shape index (κ3) is 1.07. The van der Waals surface area contributed by atoms with E-state index in [0.29, 0.717) is 0 Å². The molecule has 3 N–H and O–H groups in total. The average molecular weight is 179 g/mol. The van der Waals surface area contributed by atoms with Crippen molar-refractivity contribution in [3.8, 4) is 0 Å². The lowest BCUT2D eigenvalue weighted by Gasteiger charge is -1.94. The zero-order valence-electron chi connectivity index (χ0n) is 6.45. The van der Waals surface area contributed by atoms with Crippen LogP contribution in [0.15, 0.2) is 23.6 Å². The Labute approximate surface area is 74.3 Å². The van der Waals surface area contributed by atoms with Crippen molar-refractivity contribution in [3.63, 3.8) is 0 Å². The summed E-state index contributed by atoms with van der Waals surface area (Å²) in [5.41, 5.74) is 7.37. The highest BCUT2D eigenvalue weighted by atomic mass is 32.1. The van der Waals surface area contributed by atoms with Gasteiger partial charge in [-0.2, -0.15) is 0 Å². The van der Waals surface area contributed by atoms with Gasteiger partial charge in [-0.3, -0.25) is 0 Å². The van der Waals surface area contributed by atoms with Gasteiger partial charge in [-0.1, -0.05) is 6.07 Å². The van der Waals surface area contributed by atoms with Crippen molar-refractivity contribution < 1.29 is 5.11 Å². The minimum atomic E-state index is 0.101. The van der Waals surface area contributed by atoms with Crippen molar-refractivity contribution in [1.29, 1.82) is 0 Å². The zero-order valence-corrected chi connectivity index (χ0v) is 7.27. The summed E-state index contributed by atoms with van der Waals surface area (Å²) in [4.78, 5) is 0. The van der Waals surface area contributed by atoms with Gasteiger partial charge in [0.05, 0.1) is 6.61 Å². The Hall–Kier alpha value is -1.06. The number of thiophene rings is 1. The highest BCUT2D eigenvalue weighted by Crippen LogP contribution is 2.27. The quantitative estimate of drug-likeness (QED) is 0.657. The van der Waals surface area contributed by atoms with Crippen LogP contribution in [0.3, 0.4) is 0 Å². The number of hydrogen-bond acceptors (Lipinski definition) is 3. The number of aliphatic hydroxyl groups is 1. The van der Waals surface area contributed by atoms with Gasteiger partial charge < -0.3 is 10.8 Å². The van der Waals surface area contributed by atoms with Crippen molar-refractivity contribution in [2.24, 2.45) is 0 Å². The molecule has 2 nitrogen and oxygen atoms in total. The molecule has 0 amide bonds. The van der Waals surface area contributed by atoms with Crippen LogP contribution in [0, 0.1) is 0 Å². The predicted octanol–water partition coefficient (Wildman–Crippen LogP) is 1.98. The Bertz CT molecular complexity index is 408. The van der Waals surface area contributed by atoms with Crippen molar-refractivity contribution in [1.82, 2.24) is 0 Å². The predicted molar refractivity (Wildman–Crippen MR) is 52.2 cm³/mol. The summed E-state index contributed by atoms with van der Waals surface area (Å²) in [6, 6.07) is 5.74. The van der Waals surface area contributed by atoms with Gasteiger partial charge in [0.25, 0.3) is 0 Å². The molecule has 0 atom stereocenters. The molecule has 2 aromatic rings. The summed E-state index contributed by atoms with van der Waals surface area (Å²) < 4.78 is 1.14. The fraction of sp³-hybridized carbons (Fsp3) is 0.111. The maximum Gasteiger partial charge on any atom is 0.0696 e. The lowest BCUT2D eigenvalue weighted by Crippen LogP contribution is -1.83. The molecule has 62 valence electrons. The first-order chi connectivity index (χ1) is 5.81. The maximum atomic E-state index is 8.97. The molecule has 0 radical (unpaired) electrons. The van der Waals surface area contributed by atoms with E-state index in [9.17, 15) is 0 Å². The number of hydrogen-bond donors (Lipinski definition) is 2. The second-order valence-electron chi connectivity index (χ2n) is 2.67. The molecule has 1 aromatic heterocycles. The molecule has 12 heavy (non-hydrogen) atoms. The molecule has 0 fully saturated rings. The summed E-state index contributed by atoms with van der Waals surface area (Å²) in [6.45, 7) is 0.101. The average Bonchev–Trinajstić information content (AvgIpc) is 2.46. The maximum absolute atomic E-state index is 8.97. The van der Waals surface area contributed by atoms with Gasteiger partial charge in [0, 0.05) is 10.4 Å². The summed E-state index contributed by atoms with van der Waals surface area (Å²) in [7, 11) is 0. The molecule has 0 aliphatic heterocycles. The minimum Gasteiger partial charge on any atom is -0.399 e. The summed E-state index contributed by atoms with van der Waals surface area (Å²) >= 11 is 1.61. The molecule has 2 rings (SSSR count). The van der Waals surface area contributed by atoms with Gasteiger partial charge in [-0.05, 0) is 28.5 Å². The molecule has 0 aliphatic rings. The largest absolute Gasteiger partial charge is 0.399 e. The minimum absolute atomic E-state index is 0.101. The molecule has 1 heterocycles. The smallest absolute Gasteiger partial charge is 0.0696 e. The van der Waals surface area contributed by atoms with E-state index in [4.69, 9.17) is 10.8 Å². The van der Waals surface area contributed by atoms with Gasteiger partial charge in [0.1, 0.15) is 0 Å². The summed E-state index contributed by atoms with van der Waals surface area (Å²) in [6.07, 6.45) is 0. The van der Waals surface area contributed by atoms with E-state index in [0.717, 1.165) is 21.3 Å². The van der Waals surface area contributed by atoms with Crippen LogP contribution in [0.4, 0.5) is 5.69 Å². The van der Waals surface area contributed by atoms with E-state index >= 15 is 0 Å². The molecule has 3 heteroatoms. The molecule has 1 aromatic carbocycles. The number of rotatable bonds is 1. The van der Waals surface area contributed by atoms with Crippen molar-refractivity contribution >= 4 is 27.1 Å². The highest BCUT2D eigenvalue weighted by Gasteiger charge is 2.01. The normalized spacial score (nSPS) is 10.8. The van der Waals surface area contributed by atoms with Crippen molar-refractivity contribution in [2.45, 2.75) is 6.61 Å². The summed E-state index contributed by atoms with van der Waals surface area (Å²) in [5, 5.41) is 12.0. The van der Waals surface area contributed by atoms with Crippen LogP contribution in [0.5, 0.6) is 0 Å². The highest BCUT2D eigenvalue weighted by molar-refractivity contribution is 7.17. The third-order valence-corrected chi connectivity index (χ3v) is 2.84. The fourth-order valence-electron chi connectivity index (χ4n) is 1.22. The molecule has 0 aliphatic carbocycles. The number of anilines is 1. The van der Waals surface area contributed by atoms with E-state index < -0.39 is 0 Å². The number of fused-ring (bicyclic) bond motifs is 1. The van der Waals surface area contributed by atoms with Crippen LogP contribution in [0.1, 0.15) is 5.56 Å². The lowest BCUT2D eigenvalue weighted by atomic mass is 10.2. The lowest BCUT2D eigenvalue weighted by molar-refractivity contribution is 0.284. The van der Waals surface area contributed by atoms with E-state index in [1.165, 1.54) is 0 Å². The van der Waals surface area contributed by atoms with Crippen LogP contribution >= 0.6 is 11.3 Å². The van der Waals surface area contributed by atoms with Crippen LogP contribution in [0.25, 0.3) is 10.1 Å². The van der Waals surface area contributed by atoms with Gasteiger partial charge in [-0.15, -0.1) is 11.3 Å². The Morgan fingerprint density at radius 3 is 3.00 bits per heavy atom. The topological polar surface area (TPSA) is 46.2 Å². The van der Waals surface area contributed by atoms with Gasteiger partial charge in [0.15, 0.2) is 0 Å². The van der Waals surface area contributed by atoms with E-state index in [-0.39, 0.29) is 6.61 Å². The Morgan fingerprint density at radius 1 is 1.42 bits per heavy atom. The van der Waals surface area contributed by atoms with Crippen LogP contribution < -0.4 is 5.73 Å². The Morgan fingerprint density at radius 2 is 2.25 bits per heavy atom. The van der Waals surface area contributed by atoms with Crippen LogP contribution in [0.2, 0.25) is 0 Å². The Kier molecular flexibility index (Phi) is 1.75. The molecule has 0 saturated heterocycles. The second-order valence-corrected chi connectivity index (χ2v) is 3.59. The number of nitrogens with two attached hydrogens (primary N) is 1. The second kappa shape index (κ2) is 2.77. The van der Waals surface area contributed by atoms with Crippen molar-refractivity contribution in [3.05, 3.63) is 29.1 Å². The first-order valence-corrected chi connectivity index (χ1v) is 4.55. The molecule has 0 bridgehead atoms. The van der Waals surface area contributed by atoms with Gasteiger partial charge in [0.2, 0.25) is 0 Å². The Balaban J connectivity index is 2.73. The van der Waals surface area contributed by atoms with Crippen LogP contribution in [-0.4, -0.2) is 5.11 Å². The third-order valence-electron chi connectivity index (χ3n) is 1.85. The number of aliphatic hydroxyl groups excluding tert-OH is 1. The molecule has 0 unspecified atom stereocenters. The SMILES string of the molecule is Nc1ccc2c(CO)csc2c1. The molecule has 0 spiro atoms. The monoisotopic (exact) mass is 179 g/mol. The molecular formula is C9H9NOS. The van der Waals surface area contributed by atoms with Gasteiger partial charge in [-0.25, -0.2) is 0 Å². The van der Waals surface area contributed by atoms with Crippen LogP contribution in [-0.2, 0) is 6.61 Å². The fourth-order valence-corrected chi connectivity index (χ4v) is 2.22. The number of nitrogen functional groups attached to an aromatic ring is 1. The van der Waals surface area contributed by atoms with E-state index in [1.807, 2.05) is 23.6 Å². The first kappa shape index (κ1) is 7.58. The molecular weight excluding hydrogens is 170 g/mol. The van der Waals surface area contributed by atoms with Crippen molar-refractivity contribution in [2.75, 3.05) is 5.73 Å². The number of benzene rings is 1. The van der Waals surface area contributed by atoms with Gasteiger partial charge >= 0.3 is 0 Å². The van der Waals surface area contributed by atoms with E-state index in [2.05, 4.69) is 0 Å². The standard InChI is InChI=1S/C9H9NOS/c10-7-1-2-8-6(4-11)5-12-9(8)3-7/h1-3,5,11H,4,10H2. The zero-order chi connectivity index (χ0) is 8.55. The molecule has 0 saturated carbocycles. The first-order valence-electron chi connectivity index (χ1n) is 3.67. The summed E-state index contributed by atoms with van der Waals surface area (Å²) in [5.74, 6) is 0. The van der Waals surface area contributed by atoms with E-state index in [1.54, 1.807) is 11.3 Å².